The van der Waals surface area contributed by atoms with Crippen LogP contribution in [0.15, 0.2) is 34.1 Å². The van der Waals surface area contributed by atoms with Crippen molar-refractivity contribution in [3.63, 3.8) is 0 Å². The van der Waals surface area contributed by atoms with Gasteiger partial charge in [0.15, 0.2) is 9.84 Å². The van der Waals surface area contributed by atoms with Gasteiger partial charge in [0, 0.05) is 24.1 Å². The number of nitrogen functional groups attached to an aromatic ring is 2. The predicted molar refractivity (Wildman–Crippen MR) is 127 cm³/mol. The van der Waals surface area contributed by atoms with Gasteiger partial charge in [-0.2, -0.15) is 4.33 Å². The number of benzene rings is 2. The number of ether oxygens (including phenoxy) is 2. The first-order valence-corrected chi connectivity index (χ1v) is 12.2. The molecule has 0 heterocycles. The zero-order valence-corrected chi connectivity index (χ0v) is 20.6. The summed E-state index contributed by atoms with van der Waals surface area (Å²) in [5.74, 6) is 0.869. The summed E-state index contributed by atoms with van der Waals surface area (Å²) in [5.41, 5.74) is 14.2. The fraction of sp³-hybridized carbons (Fsp3) is 0.429. The van der Waals surface area contributed by atoms with Gasteiger partial charge >= 0.3 is 0 Å². The van der Waals surface area contributed by atoms with Crippen LogP contribution in [0, 0.1) is 13.8 Å². The maximum Gasteiger partial charge on any atom is 0.180 e. The Morgan fingerprint density at radius 2 is 1.53 bits per heavy atom. The van der Waals surface area contributed by atoms with E-state index >= 15 is 0 Å². The summed E-state index contributed by atoms with van der Waals surface area (Å²) >= 11 is 1.06. The first-order chi connectivity index (χ1) is 15.1. The van der Waals surface area contributed by atoms with E-state index in [-0.39, 0.29) is 17.3 Å². The van der Waals surface area contributed by atoms with Gasteiger partial charge in [0.05, 0.1) is 54.9 Å². The van der Waals surface area contributed by atoms with Gasteiger partial charge in [-0.25, -0.2) is 13.3 Å². The first kappa shape index (κ1) is 26.1. The summed E-state index contributed by atoms with van der Waals surface area (Å²) in [6, 6.07) is 6.67. The highest BCUT2D eigenvalue weighted by Crippen LogP contribution is 2.32. The largest absolute Gasteiger partial charge is 0.495 e. The number of hydrogen-bond acceptors (Lipinski definition) is 10. The van der Waals surface area contributed by atoms with Crippen molar-refractivity contribution in [2.75, 3.05) is 58.2 Å². The van der Waals surface area contributed by atoms with Crippen molar-refractivity contribution in [3.05, 3.63) is 35.4 Å². The van der Waals surface area contributed by atoms with Gasteiger partial charge in [0.2, 0.25) is 0 Å². The van der Waals surface area contributed by atoms with Crippen molar-refractivity contribution in [2.24, 2.45) is 0 Å². The van der Waals surface area contributed by atoms with Crippen LogP contribution in [0.25, 0.3) is 0 Å². The monoisotopic (exact) mass is 485 g/mol. The van der Waals surface area contributed by atoms with E-state index in [9.17, 15) is 8.42 Å². The molecule has 0 atom stereocenters. The van der Waals surface area contributed by atoms with Gasteiger partial charge in [-0.15, -0.1) is 0 Å². The molecule has 0 aliphatic rings. The molecule has 0 saturated heterocycles. The van der Waals surface area contributed by atoms with Crippen LogP contribution in [-0.4, -0.2) is 60.0 Å². The maximum atomic E-state index is 12.8. The van der Waals surface area contributed by atoms with E-state index in [1.54, 1.807) is 32.2 Å². The van der Waals surface area contributed by atoms with Gasteiger partial charge in [0.1, 0.15) is 11.5 Å². The van der Waals surface area contributed by atoms with E-state index in [1.807, 2.05) is 18.9 Å². The average Bonchev–Trinajstić information content (AvgIpc) is 2.73. The molecule has 0 bridgehead atoms. The number of sulfone groups is 1. The Morgan fingerprint density at radius 3 is 2.16 bits per heavy atom. The lowest BCUT2D eigenvalue weighted by molar-refractivity contribution is -0.192. The minimum absolute atomic E-state index is 0.0442. The Balaban J connectivity index is 1.80. The minimum atomic E-state index is -3.50. The van der Waals surface area contributed by atoms with Crippen molar-refractivity contribution in [1.82, 2.24) is 4.90 Å². The molecule has 0 spiro atoms. The van der Waals surface area contributed by atoms with Crippen LogP contribution in [0.2, 0.25) is 0 Å². The van der Waals surface area contributed by atoms with Crippen LogP contribution >= 0.6 is 12.0 Å². The van der Waals surface area contributed by atoms with Crippen LogP contribution in [0.5, 0.6) is 11.5 Å². The summed E-state index contributed by atoms with van der Waals surface area (Å²) in [5, 5.41) is 0. The van der Waals surface area contributed by atoms with Crippen LogP contribution in [0.3, 0.4) is 0 Å². The molecule has 0 fully saturated rings. The maximum absolute atomic E-state index is 12.8. The number of nitrogens with two attached hydrogens (primary N) is 2. The summed E-state index contributed by atoms with van der Waals surface area (Å²) in [4.78, 5) is 8.12. The highest BCUT2D eigenvalue weighted by atomic mass is 32.2. The van der Waals surface area contributed by atoms with Gasteiger partial charge in [0.25, 0.3) is 0 Å². The number of aryl methyl sites for hydroxylation is 2. The van der Waals surface area contributed by atoms with Crippen LogP contribution in [0.1, 0.15) is 11.1 Å². The highest BCUT2D eigenvalue weighted by Gasteiger charge is 2.20. The Labute approximate surface area is 194 Å². The molecule has 0 amide bonds. The number of nitrogens with zero attached hydrogens (tertiary/aromatic N) is 1. The number of likely N-dealkylation sites (N-methyl/N-ethyl adjacent to an activating group) is 1. The standard InChI is InChI=1S/C21H31N3O6S2/c1-14-10-16(22)18(27-4)12-20(14)31-30-29-8-6-24(3)7-9-32(25,26)21-13-19(28-5)17(23)11-15(21)2/h10-13H,6-9,22-23H2,1-5H3. The van der Waals surface area contributed by atoms with Gasteiger partial charge < -0.3 is 25.8 Å². The fourth-order valence-electron chi connectivity index (χ4n) is 2.95. The van der Waals surface area contributed by atoms with Crippen LogP contribution in [0.4, 0.5) is 11.4 Å². The highest BCUT2D eigenvalue weighted by molar-refractivity contribution is 7.94. The van der Waals surface area contributed by atoms with Gasteiger partial charge in [-0.05, 0) is 50.2 Å². The molecule has 32 heavy (non-hydrogen) atoms. The lowest BCUT2D eigenvalue weighted by atomic mass is 10.2. The molecule has 2 aromatic rings. The molecular weight excluding hydrogens is 454 g/mol. The molecule has 2 rings (SSSR count). The minimum Gasteiger partial charge on any atom is -0.495 e. The van der Waals surface area contributed by atoms with Crippen molar-refractivity contribution >= 4 is 33.3 Å². The zero-order chi connectivity index (χ0) is 23.9. The third kappa shape index (κ3) is 6.91. The molecule has 0 saturated carbocycles. The third-order valence-electron chi connectivity index (χ3n) is 4.86. The van der Waals surface area contributed by atoms with E-state index < -0.39 is 9.84 Å². The summed E-state index contributed by atoms with van der Waals surface area (Å²) < 4.78 is 41.1. The molecular formula is C21H31N3O6S2. The fourth-order valence-corrected chi connectivity index (χ4v) is 5.09. The van der Waals surface area contributed by atoms with E-state index in [0.29, 0.717) is 41.5 Å². The lowest BCUT2D eigenvalue weighted by Crippen LogP contribution is -2.29. The summed E-state index contributed by atoms with van der Waals surface area (Å²) in [6.45, 7) is 4.72. The topological polar surface area (TPSA) is 126 Å². The molecule has 2 aromatic carbocycles. The molecule has 11 heteroatoms. The van der Waals surface area contributed by atoms with Crippen molar-refractivity contribution < 1.29 is 27.1 Å². The van der Waals surface area contributed by atoms with Crippen molar-refractivity contribution in [3.8, 4) is 11.5 Å². The first-order valence-electron chi connectivity index (χ1n) is 9.84. The number of hydrogen-bond donors (Lipinski definition) is 2. The third-order valence-corrected chi connectivity index (χ3v) is 7.47. The van der Waals surface area contributed by atoms with Crippen molar-refractivity contribution in [1.29, 1.82) is 0 Å². The molecule has 0 aliphatic heterocycles. The Morgan fingerprint density at radius 1 is 0.938 bits per heavy atom. The molecule has 0 aliphatic carbocycles. The van der Waals surface area contributed by atoms with Gasteiger partial charge in [-0.1, -0.05) is 0 Å². The van der Waals surface area contributed by atoms with Gasteiger partial charge in [-0.3, -0.25) is 0 Å². The summed E-state index contributed by atoms with van der Waals surface area (Å²) in [7, 11) is 1.32. The molecule has 178 valence electrons. The Bertz CT molecular complexity index is 1030. The van der Waals surface area contributed by atoms with Crippen LogP contribution < -0.4 is 20.9 Å². The molecule has 9 nitrogen and oxygen atoms in total. The molecule has 4 N–H and O–H groups in total. The predicted octanol–water partition coefficient (Wildman–Crippen LogP) is 2.85. The van der Waals surface area contributed by atoms with Crippen molar-refractivity contribution in [2.45, 2.75) is 23.6 Å². The zero-order valence-electron chi connectivity index (χ0n) is 19.0. The lowest BCUT2D eigenvalue weighted by Gasteiger charge is -2.17. The van der Waals surface area contributed by atoms with Crippen LogP contribution in [-0.2, 0) is 19.1 Å². The Hall–Kier alpha value is -2.18. The van der Waals surface area contributed by atoms with E-state index in [1.165, 1.54) is 13.2 Å². The molecule has 0 unspecified atom stereocenters. The smallest absolute Gasteiger partial charge is 0.180 e. The second-order valence-corrected chi connectivity index (χ2v) is 10.1. The molecule has 0 radical (unpaired) electrons. The number of methoxy groups -OCH3 is 2. The number of rotatable bonds is 12. The SMILES string of the molecule is COc1cc(SOOCCN(C)CCS(=O)(=O)c2cc(OC)c(N)cc2C)c(C)cc1N. The second kappa shape index (κ2) is 11.6. The van der Waals surface area contributed by atoms with E-state index in [0.717, 1.165) is 22.5 Å². The number of anilines is 2. The van der Waals surface area contributed by atoms with E-state index in [4.69, 9.17) is 30.2 Å². The van der Waals surface area contributed by atoms with E-state index in [2.05, 4.69) is 0 Å². The molecule has 0 aromatic heterocycles. The second-order valence-electron chi connectivity index (χ2n) is 7.31. The quantitative estimate of drug-likeness (QED) is 0.152. The normalized spacial score (nSPS) is 11.7. The summed E-state index contributed by atoms with van der Waals surface area (Å²) in [6.07, 6.45) is 0. The Kier molecular flexibility index (Phi) is 9.47. The average molecular weight is 486 g/mol.